The highest BCUT2D eigenvalue weighted by Crippen LogP contribution is 2.27. The maximum absolute atomic E-state index is 9.86. The van der Waals surface area contributed by atoms with Gasteiger partial charge in [-0.1, -0.05) is 12.1 Å². The van der Waals surface area contributed by atoms with Gasteiger partial charge in [0.1, 0.15) is 5.75 Å². The first-order chi connectivity index (χ1) is 9.08. The van der Waals surface area contributed by atoms with Crippen LogP contribution in [0.1, 0.15) is 13.8 Å². The van der Waals surface area contributed by atoms with Crippen molar-refractivity contribution in [3.05, 3.63) is 24.3 Å². The number of nitrogens with one attached hydrogen (secondary N) is 1. The van der Waals surface area contributed by atoms with Crippen molar-refractivity contribution in [3.63, 3.8) is 0 Å². The Labute approximate surface area is 120 Å². The molecule has 1 fully saturated rings. The summed E-state index contributed by atoms with van der Waals surface area (Å²) in [7, 11) is 0. The molecule has 1 aliphatic heterocycles. The lowest BCUT2D eigenvalue weighted by Crippen LogP contribution is -2.52. The second kappa shape index (κ2) is 6.10. The van der Waals surface area contributed by atoms with Gasteiger partial charge in [-0.25, -0.2) is 0 Å². The first-order valence-corrected chi connectivity index (χ1v) is 7.07. The third-order valence-corrected chi connectivity index (χ3v) is 3.58. The second-order valence-electron chi connectivity index (χ2n) is 5.07. The predicted octanol–water partition coefficient (Wildman–Crippen LogP) is 1.80. The van der Waals surface area contributed by atoms with Gasteiger partial charge in [-0.3, -0.25) is 0 Å². The van der Waals surface area contributed by atoms with Crippen LogP contribution in [-0.4, -0.2) is 47.3 Å². The van der Waals surface area contributed by atoms with E-state index in [9.17, 15) is 5.11 Å². The Balaban J connectivity index is 1.93. The molecule has 0 saturated carbocycles. The van der Waals surface area contributed by atoms with Crippen LogP contribution < -0.4 is 10.2 Å². The molecule has 0 bridgehead atoms. The lowest BCUT2D eigenvalue weighted by molar-refractivity contribution is 0.374. The van der Waals surface area contributed by atoms with Crippen LogP contribution in [0.2, 0.25) is 0 Å². The average molecular weight is 279 g/mol. The fourth-order valence-electron chi connectivity index (χ4n) is 2.22. The van der Waals surface area contributed by atoms with Gasteiger partial charge in [0.2, 0.25) is 0 Å². The summed E-state index contributed by atoms with van der Waals surface area (Å²) in [5.41, 5.74) is 0.907. The van der Waals surface area contributed by atoms with Gasteiger partial charge < -0.3 is 20.2 Å². The van der Waals surface area contributed by atoms with E-state index >= 15 is 0 Å². The first-order valence-electron chi connectivity index (χ1n) is 6.66. The number of aromatic hydroxyl groups is 1. The van der Waals surface area contributed by atoms with Crippen LogP contribution in [0.4, 0.5) is 5.69 Å². The largest absolute Gasteiger partial charge is 0.506 e. The summed E-state index contributed by atoms with van der Waals surface area (Å²) in [6.45, 7) is 7.68. The van der Waals surface area contributed by atoms with Gasteiger partial charge in [0.05, 0.1) is 5.69 Å². The molecule has 1 heterocycles. The van der Waals surface area contributed by atoms with Crippen LogP contribution in [0.5, 0.6) is 5.75 Å². The third kappa shape index (κ3) is 3.50. The van der Waals surface area contributed by atoms with Crippen LogP contribution in [0.15, 0.2) is 24.3 Å². The summed E-state index contributed by atoms with van der Waals surface area (Å²) in [6.07, 6.45) is 0. The molecule has 4 nitrogen and oxygen atoms in total. The lowest BCUT2D eigenvalue weighted by Gasteiger charge is -2.38. The highest BCUT2D eigenvalue weighted by molar-refractivity contribution is 7.80. The van der Waals surface area contributed by atoms with E-state index in [2.05, 4.69) is 29.0 Å². The first kappa shape index (κ1) is 13.9. The van der Waals surface area contributed by atoms with Gasteiger partial charge in [-0.05, 0) is 38.2 Å². The van der Waals surface area contributed by atoms with Crippen LogP contribution in [0.25, 0.3) is 0 Å². The van der Waals surface area contributed by atoms with E-state index in [1.165, 1.54) is 0 Å². The second-order valence-corrected chi connectivity index (χ2v) is 5.45. The zero-order valence-electron chi connectivity index (χ0n) is 11.5. The maximum Gasteiger partial charge on any atom is 0.169 e. The third-order valence-electron chi connectivity index (χ3n) is 3.20. The van der Waals surface area contributed by atoms with E-state index in [0.29, 0.717) is 11.8 Å². The fraction of sp³-hybridized carbons (Fsp3) is 0.500. The van der Waals surface area contributed by atoms with E-state index in [1.807, 2.05) is 18.2 Å². The smallest absolute Gasteiger partial charge is 0.169 e. The molecular weight excluding hydrogens is 258 g/mol. The van der Waals surface area contributed by atoms with Crippen molar-refractivity contribution in [2.75, 3.05) is 31.1 Å². The van der Waals surface area contributed by atoms with Crippen molar-refractivity contribution < 1.29 is 5.11 Å². The van der Waals surface area contributed by atoms with E-state index in [0.717, 1.165) is 37.0 Å². The molecule has 0 atom stereocenters. The molecule has 0 spiro atoms. The summed E-state index contributed by atoms with van der Waals surface area (Å²) in [6, 6.07) is 7.84. The van der Waals surface area contributed by atoms with Crippen LogP contribution >= 0.6 is 12.2 Å². The molecule has 104 valence electrons. The molecule has 1 aliphatic rings. The minimum Gasteiger partial charge on any atom is -0.506 e. The summed E-state index contributed by atoms with van der Waals surface area (Å²) in [5, 5.41) is 14.0. The number of thiocarbonyl (C=S) groups is 1. The normalized spacial score (nSPS) is 15.7. The Hall–Kier alpha value is -1.49. The predicted molar refractivity (Wildman–Crippen MR) is 82.8 cm³/mol. The quantitative estimate of drug-likeness (QED) is 0.808. The van der Waals surface area contributed by atoms with Crippen molar-refractivity contribution >= 4 is 23.0 Å². The molecular formula is C14H21N3OS. The van der Waals surface area contributed by atoms with E-state index in [4.69, 9.17) is 12.2 Å². The van der Waals surface area contributed by atoms with Crippen molar-refractivity contribution in [3.8, 4) is 5.75 Å². The Bertz CT molecular complexity index is 442. The zero-order chi connectivity index (χ0) is 13.8. The van der Waals surface area contributed by atoms with Crippen molar-refractivity contribution in [1.82, 2.24) is 10.2 Å². The van der Waals surface area contributed by atoms with Gasteiger partial charge in [0.15, 0.2) is 5.11 Å². The standard InChI is InChI=1S/C14H21N3OS/c1-11(2)15-14(19)17-9-7-16(8-10-17)12-5-3-4-6-13(12)18/h3-6,11,18H,7-10H2,1-2H3,(H,15,19). The van der Waals surface area contributed by atoms with Crippen LogP contribution in [0.3, 0.4) is 0 Å². The number of rotatable bonds is 2. The molecule has 5 heteroatoms. The molecule has 0 amide bonds. The Morgan fingerprint density at radius 2 is 1.84 bits per heavy atom. The van der Waals surface area contributed by atoms with Gasteiger partial charge in [-0.15, -0.1) is 0 Å². The molecule has 2 N–H and O–H groups in total. The van der Waals surface area contributed by atoms with Crippen molar-refractivity contribution in [2.45, 2.75) is 19.9 Å². The number of para-hydroxylation sites is 2. The highest BCUT2D eigenvalue weighted by Gasteiger charge is 2.20. The van der Waals surface area contributed by atoms with E-state index < -0.39 is 0 Å². The van der Waals surface area contributed by atoms with Gasteiger partial charge >= 0.3 is 0 Å². The topological polar surface area (TPSA) is 38.7 Å². The van der Waals surface area contributed by atoms with Crippen LogP contribution in [-0.2, 0) is 0 Å². The summed E-state index contributed by atoms with van der Waals surface area (Å²) in [5.74, 6) is 0.346. The van der Waals surface area contributed by atoms with Crippen molar-refractivity contribution in [1.29, 1.82) is 0 Å². The van der Waals surface area contributed by atoms with E-state index in [-0.39, 0.29) is 0 Å². The number of hydrogen-bond acceptors (Lipinski definition) is 3. The Kier molecular flexibility index (Phi) is 4.47. The molecule has 1 aromatic carbocycles. The Morgan fingerprint density at radius 3 is 2.42 bits per heavy atom. The molecule has 2 rings (SSSR count). The minimum absolute atomic E-state index is 0.346. The number of phenolic OH excluding ortho intramolecular Hbond substituents is 1. The Morgan fingerprint density at radius 1 is 1.21 bits per heavy atom. The van der Waals surface area contributed by atoms with Gasteiger partial charge in [0.25, 0.3) is 0 Å². The summed E-state index contributed by atoms with van der Waals surface area (Å²) < 4.78 is 0. The number of piperazine rings is 1. The summed E-state index contributed by atoms with van der Waals surface area (Å²) in [4.78, 5) is 4.38. The number of benzene rings is 1. The highest BCUT2D eigenvalue weighted by atomic mass is 32.1. The fourth-order valence-corrected chi connectivity index (χ4v) is 2.64. The SMILES string of the molecule is CC(C)NC(=S)N1CCN(c2ccccc2O)CC1. The molecule has 0 unspecified atom stereocenters. The molecule has 19 heavy (non-hydrogen) atoms. The molecule has 1 saturated heterocycles. The van der Waals surface area contributed by atoms with Crippen LogP contribution in [0, 0.1) is 0 Å². The van der Waals surface area contributed by atoms with Gasteiger partial charge in [0, 0.05) is 32.2 Å². The average Bonchev–Trinajstić information content (AvgIpc) is 2.39. The number of anilines is 1. The minimum atomic E-state index is 0.346. The molecule has 0 aromatic heterocycles. The number of nitrogens with zero attached hydrogens (tertiary/aromatic N) is 2. The van der Waals surface area contributed by atoms with Crippen molar-refractivity contribution in [2.24, 2.45) is 0 Å². The number of hydrogen-bond donors (Lipinski definition) is 2. The van der Waals surface area contributed by atoms with E-state index in [1.54, 1.807) is 6.07 Å². The molecule has 0 radical (unpaired) electrons. The lowest BCUT2D eigenvalue weighted by atomic mass is 10.2. The molecule has 1 aromatic rings. The number of phenols is 1. The molecule has 0 aliphatic carbocycles. The maximum atomic E-state index is 9.86. The zero-order valence-corrected chi connectivity index (χ0v) is 12.3. The summed E-state index contributed by atoms with van der Waals surface area (Å²) >= 11 is 5.38. The monoisotopic (exact) mass is 279 g/mol. The van der Waals surface area contributed by atoms with Gasteiger partial charge in [-0.2, -0.15) is 0 Å².